The standard InChI is InChI=1S/C19H26N6OS/c1-3-9-20-19(27)23-18-21-16(14-17(22-18)26-2)25-12-10-24(11-13-25)15-7-5-4-6-8-15/h4-8,14H,3,9-13H2,1-2H3,(H2,20,21,22,23,27). The second kappa shape index (κ2) is 9.36. The number of nitrogens with one attached hydrogen (secondary N) is 2. The van der Waals surface area contributed by atoms with E-state index in [2.05, 4.69) is 61.6 Å². The second-order valence-electron chi connectivity index (χ2n) is 6.28. The fourth-order valence-corrected chi connectivity index (χ4v) is 3.15. The van der Waals surface area contributed by atoms with Crippen LogP contribution in [0.3, 0.4) is 0 Å². The number of hydrogen-bond donors (Lipinski definition) is 2. The molecule has 0 saturated carbocycles. The molecular formula is C19H26N6OS. The van der Waals surface area contributed by atoms with Crippen molar-refractivity contribution >= 4 is 34.8 Å². The number of nitrogens with zero attached hydrogens (tertiary/aromatic N) is 4. The van der Waals surface area contributed by atoms with E-state index in [1.54, 1.807) is 7.11 Å². The van der Waals surface area contributed by atoms with Gasteiger partial charge in [-0.1, -0.05) is 25.1 Å². The Kier molecular flexibility index (Phi) is 6.64. The first-order chi connectivity index (χ1) is 13.2. The number of hydrogen-bond acceptors (Lipinski definition) is 6. The Labute approximate surface area is 165 Å². The SMILES string of the molecule is CCCNC(=S)Nc1nc(OC)cc(N2CCN(c3ccccc3)CC2)n1. The van der Waals surface area contributed by atoms with Gasteiger partial charge in [0.1, 0.15) is 5.82 Å². The summed E-state index contributed by atoms with van der Waals surface area (Å²) in [5.41, 5.74) is 1.26. The van der Waals surface area contributed by atoms with Gasteiger partial charge in [0, 0.05) is 44.5 Å². The molecule has 0 atom stereocenters. The van der Waals surface area contributed by atoms with Crippen LogP contribution < -0.4 is 25.2 Å². The van der Waals surface area contributed by atoms with Crippen LogP contribution in [0.4, 0.5) is 17.5 Å². The quantitative estimate of drug-likeness (QED) is 0.734. The summed E-state index contributed by atoms with van der Waals surface area (Å²) in [5, 5.41) is 6.69. The fourth-order valence-electron chi connectivity index (χ4n) is 2.95. The molecule has 0 spiro atoms. The number of methoxy groups -OCH3 is 1. The first kappa shape index (κ1) is 19.2. The normalized spacial score (nSPS) is 14.0. The van der Waals surface area contributed by atoms with E-state index < -0.39 is 0 Å². The summed E-state index contributed by atoms with van der Waals surface area (Å²) in [6.45, 7) is 6.54. The molecule has 1 aromatic heterocycles. The van der Waals surface area contributed by atoms with Gasteiger partial charge < -0.3 is 25.2 Å². The largest absolute Gasteiger partial charge is 0.481 e. The van der Waals surface area contributed by atoms with Crippen molar-refractivity contribution in [1.29, 1.82) is 0 Å². The van der Waals surface area contributed by atoms with Crippen LogP contribution in [0.2, 0.25) is 0 Å². The molecule has 1 fully saturated rings. The van der Waals surface area contributed by atoms with Crippen molar-refractivity contribution in [3.8, 4) is 5.88 Å². The number of benzene rings is 1. The number of anilines is 3. The highest BCUT2D eigenvalue weighted by molar-refractivity contribution is 7.80. The van der Waals surface area contributed by atoms with Crippen molar-refractivity contribution in [2.75, 3.05) is 55.0 Å². The lowest BCUT2D eigenvalue weighted by atomic mass is 10.2. The lowest BCUT2D eigenvalue weighted by molar-refractivity contribution is 0.397. The van der Waals surface area contributed by atoms with Gasteiger partial charge in [-0.15, -0.1) is 0 Å². The van der Waals surface area contributed by atoms with E-state index in [0.717, 1.165) is 45.0 Å². The number of para-hydroxylation sites is 1. The number of rotatable bonds is 6. The van der Waals surface area contributed by atoms with E-state index in [9.17, 15) is 0 Å². The Balaban J connectivity index is 1.67. The van der Waals surface area contributed by atoms with E-state index in [4.69, 9.17) is 17.0 Å². The molecule has 1 saturated heterocycles. The van der Waals surface area contributed by atoms with Crippen molar-refractivity contribution in [3.05, 3.63) is 36.4 Å². The molecule has 1 aromatic carbocycles. The summed E-state index contributed by atoms with van der Waals surface area (Å²) >= 11 is 5.29. The lowest BCUT2D eigenvalue weighted by Crippen LogP contribution is -2.46. The van der Waals surface area contributed by atoms with Crippen LogP contribution in [0.5, 0.6) is 5.88 Å². The molecule has 2 aromatic rings. The summed E-state index contributed by atoms with van der Waals surface area (Å²) in [6.07, 6.45) is 0.998. The van der Waals surface area contributed by atoms with Gasteiger partial charge in [0.25, 0.3) is 0 Å². The molecule has 1 aliphatic rings. The zero-order chi connectivity index (χ0) is 19.1. The molecule has 7 nitrogen and oxygen atoms in total. The maximum atomic E-state index is 5.35. The fraction of sp³-hybridized carbons (Fsp3) is 0.421. The second-order valence-corrected chi connectivity index (χ2v) is 6.69. The zero-order valence-electron chi connectivity index (χ0n) is 15.8. The van der Waals surface area contributed by atoms with Gasteiger partial charge >= 0.3 is 0 Å². The third kappa shape index (κ3) is 5.19. The molecular weight excluding hydrogens is 360 g/mol. The molecule has 8 heteroatoms. The van der Waals surface area contributed by atoms with Crippen LogP contribution >= 0.6 is 12.2 Å². The average Bonchev–Trinajstić information content (AvgIpc) is 2.72. The van der Waals surface area contributed by atoms with Crippen molar-refractivity contribution < 1.29 is 4.74 Å². The van der Waals surface area contributed by atoms with Crippen LogP contribution in [0.25, 0.3) is 0 Å². The van der Waals surface area contributed by atoms with E-state index >= 15 is 0 Å². The Hall–Kier alpha value is -2.61. The number of thiocarbonyl (C=S) groups is 1. The summed E-state index contributed by atoms with van der Waals surface area (Å²) in [4.78, 5) is 13.6. The minimum absolute atomic E-state index is 0.448. The van der Waals surface area contributed by atoms with E-state index in [-0.39, 0.29) is 0 Å². The molecule has 27 heavy (non-hydrogen) atoms. The van der Waals surface area contributed by atoms with E-state index in [1.165, 1.54) is 5.69 Å². The first-order valence-electron chi connectivity index (χ1n) is 9.22. The highest BCUT2D eigenvalue weighted by Gasteiger charge is 2.20. The first-order valence-corrected chi connectivity index (χ1v) is 9.63. The molecule has 0 aliphatic carbocycles. The van der Waals surface area contributed by atoms with Gasteiger partial charge in [-0.2, -0.15) is 9.97 Å². The minimum atomic E-state index is 0.448. The van der Waals surface area contributed by atoms with Crippen molar-refractivity contribution in [1.82, 2.24) is 15.3 Å². The molecule has 0 unspecified atom stereocenters. The molecule has 1 aliphatic heterocycles. The average molecular weight is 387 g/mol. The van der Waals surface area contributed by atoms with Gasteiger partial charge in [0.15, 0.2) is 5.11 Å². The Morgan fingerprint density at radius 3 is 2.48 bits per heavy atom. The molecule has 0 radical (unpaired) electrons. The topological polar surface area (TPSA) is 65.6 Å². The zero-order valence-corrected chi connectivity index (χ0v) is 16.6. The Morgan fingerprint density at radius 1 is 1.11 bits per heavy atom. The number of piperazine rings is 1. The van der Waals surface area contributed by atoms with Gasteiger partial charge in [-0.3, -0.25) is 0 Å². The van der Waals surface area contributed by atoms with E-state index in [0.29, 0.717) is 16.9 Å². The molecule has 144 valence electrons. The summed E-state index contributed by atoms with van der Waals surface area (Å²) in [7, 11) is 1.61. The highest BCUT2D eigenvalue weighted by Crippen LogP contribution is 2.23. The highest BCUT2D eigenvalue weighted by atomic mass is 32.1. The van der Waals surface area contributed by atoms with Gasteiger partial charge in [-0.25, -0.2) is 0 Å². The minimum Gasteiger partial charge on any atom is -0.481 e. The molecule has 2 N–H and O–H groups in total. The van der Waals surface area contributed by atoms with Crippen molar-refractivity contribution in [3.63, 3.8) is 0 Å². The molecule has 0 bridgehead atoms. The van der Waals surface area contributed by atoms with Crippen molar-refractivity contribution in [2.24, 2.45) is 0 Å². The van der Waals surface area contributed by atoms with Crippen LogP contribution in [-0.2, 0) is 0 Å². The Bertz CT molecular complexity index is 749. The number of ether oxygens (including phenoxy) is 1. The summed E-state index contributed by atoms with van der Waals surface area (Å²) < 4.78 is 5.35. The summed E-state index contributed by atoms with van der Waals surface area (Å²) in [6, 6.07) is 12.4. The smallest absolute Gasteiger partial charge is 0.234 e. The van der Waals surface area contributed by atoms with Crippen molar-refractivity contribution in [2.45, 2.75) is 13.3 Å². The van der Waals surface area contributed by atoms with Gasteiger partial charge in [0.05, 0.1) is 7.11 Å². The molecule has 2 heterocycles. The maximum Gasteiger partial charge on any atom is 0.234 e. The Morgan fingerprint density at radius 2 is 1.81 bits per heavy atom. The third-order valence-electron chi connectivity index (χ3n) is 4.38. The van der Waals surface area contributed by atoms with Crippen LogP contribution in [0.1, 0.15) is 13.3 Å². The molecule has 3 rings (SSSR count). The molecule has 0 amide bonds. The van der Waals surface area contributed by atoms with Crippen LogP contribution in [0.15, 0.2) is 36.4 Å². The van der Waals surface area contributed by atoms with Gasteiger partial charge in [-0.05, 0) is 30.8 Å². The van der Waals surface area contributed by atoms with Gasteiger partial charge in [0.2, 0.25) is 11.8 Å². The predicted molar refractivity (Wildman–Crippen MR) is 114 cm³/mol. The maximum absolute atomic E-state index is 5.35. The monoisotopic (exact) mass is 386 g/mol. The lowest BCUT2D eigenvalue weighted by Gasteiger charge is -2.36. The van der Waals surface area contributed by atoms with E-state index in [1.807, 2.05) is 12.1 Å². The van der Waals surface area contributed by atoms with Crippen LogP contribution in [0, 0.1) is 0 Å². The predicted octanol–water partition coefficient (Wildman–Crippen LogP) is 2.51. The number of aromatic nitrogens is 2. The van der Waals surface area contributed by atoms with Crippen LogP contribution in [-0.4, -0.2) is 54.9 Å². The summed E-state index contributed by atoms with van der Waals surface area (Å²) in [5.74, 6) is 1.81. The third-order valence-corrected chi connectivity index (χ3v) is 4.63.